The highest BCUT2D eigenvalue weighted by atomic mass is 16.5. The molecule has 2 heterocycles. The fourth-order valence-electron chi connectivity index (χ4n) is 4.49. The number of carbonyl (C=O) groups is 2. The van der Waals surface area contributed by atoms with Crippen LogP contribution in [-0.2, 0) is 20.9 Å². The minimum Gasteiger partial charge on any atom is -0.373 e. The van der Waals surface area contributed by atoms with Crippen LogP contribution in [0.15, 0.2) is 60.8 Å². The lowest BCUT2D eigenvalue weighted by Crippen LogP contribution is -2.33. The first-order valence-corrected chi connectivity index (χ1v) is 11.4. The van der Waals surface area contributed by atoms with E-state index in [0.29, 0.717) is 26.2 Å². The quantitative estimate of drug-likeness (QED) is 0.592. The van der Waals surface area contributed by atoms with E-state index in [2.05, 4.69) is 5.32 Å². The average Bonchev–Trinajstić information content (AvgIpc) is 3.22. The Bertz CT molecular complexity index is 1070. The van der Waals surface area contributed by atoms with Crippen LogP contribution >= 0.6 is 0 Å². The van der Waals surface area contributed by atoms with Crippen molar-refractivity contribution in [1.29, 1.82) is 0 Å². The number of nitrogens with zero attached hydrogens (tertiary/aromatic N) is 2. The number of amides is 2. The van der Waals surface area contributed by atoms with E-state index < -0.39 is 0 Å². The second-order valence-electron chi connectivity index (χ2n) is 8.22. The molecule has 168 valence electrons. The van der Waals surface area contributed by atoms with Crippen molar-refractivity contribution in [3.05, 3.63) is 66.4 Å². The molecule has 0 spiro atoms. The zero-order chi connectivity index (χ0) is 22.5. The zero-order valence-electron chi connectivity index (χ0n) is 18.8. The van der Waals surface area contributed by atoms with Crippen LogP contribution in [0.25, 0.3) is 10.9 Å². The van der Waals surface area contributed by atoms with Crippen LogP contribution in [0.1, 0.15) is 38.4 Å². The number of rotatable bonds is 7. The highest BCUT2D eigenvalue weighted by molar-refractivity contribution is 5.96. The van der Waals surface area contributed by atoms with Crippen LogP contribution in [0.3, 0.4) is 0 Å². The first-order chi connectivity index (χ1) is 15.6. The van der Waals surface area contributed by atoms with Gasteiger partial charge >= 0.3 is 0 Å². The van der Waals surface area contributed by atoms with Crippen molar-refractivity contribution in [3.8, 4) is 0 Å². The van der Waals surface area contributed by atoms with Gasteiger partial charge in [-0.15, -0.1) is 0 Å². The van der Waals surface area contributed by atoms with Crippen molar-refractivity contribution in [1.82, 2.24) is 9.47 Å². The summed E-state index contributed by atoms with van der Waals surface area (Å²) >= 11 is 0. The lowest BCUT2D eigenvalue weighted by atomic mass is 9.88. The molecule has 0 bridgehead atoms. The van der Waals surface area contributed by atoms with Crippen LogP contribution in [0.5, 0.6) is 0 Å². The molecule has 2 amide bonds. The summed E-state index contributed by atoms with van der Waals surface area (Å²) in [5.74, 6) is -0.138. The third-order valence-corrected chi connectivity index (χ3v) is 6.25. The summed E-state index contributed by atoms with van der Waals surface area (Å²) in [5.41, 5.74) is 2.78. The van der Waals surface area contributed by atoms with E-state index >= 15 is 0 Å². The Morgan fingerprint density at radius 3 is 2.62 bits per heavy atom. The topological polar surface area (TPSA) is 63.6 Å². The highest BCUT2D eigenvalue weighted by Crippen LogP contribution is 2.34. The SMILES string of the molecule is CCN(CC)C(=O)Cn1ccc2cc(NC(=O)C3CCCOC3c3ccccc3)ccc21. The van der Waals surface area contributed by atoms with Gasteiger partial charge in [-0.25, -0.2) is 0 Å². The van der Waals surface area contributed by atoms with Crippen LogP contribution < -0.4 is 5.32 Å². The van der Waals surface area contributed by atoms with Gasteiger partial charge in [-0.05, 0) is 56.5 Å². The summed E-state index contributed by atoms with van der Waals surface area (Å²) in [7, 11) is 0. The van der Waals surface area contributed by atoms with Crippen molar-refractivity contribution in [2.75, 3.05) is 25.0 Å². The molecule has 1 saturated heterocycles. The number of fused-ring (bicyclic) bond motifs is 1. The molecule has 1 aliphatic heterocycles. The van der Waals surface area contributed by atoms with Gasteiger partial charge in [-0.2, -0.15) is 0 Å². The minimum absolute atomic E-state index is 0.0194. The Morgan fingerprint density at radius 1 is 1.09 bits per heavy atom. The summed E-state index contributed by atoms with van der Waals surface area (Å²) in [5, 5.41) is 4.08. The molecule has 1 N–H and O–H groups in total. The normalized spacial score (nSPS) is 18.4. The standard InChI is InChI=1S/C26H31N3O3/c1-3-28(4-2)24(30)18-29-15-14-20-17-21(12-13-23(20)29)27-26(31)22-11-8-16-32-25(22)19-9-6-5-7-10-19/h5-7,9-10,12-15,17,22,25H,3-4,8,11,16,18H2,1-2H3,(H,27,31). The Labute approximate surface area is 189 Å². The lowest BCUT2D eigenvalue weighted by molar-refractivity contribution is -0.131. The number of aromatic nitrogens is 1. The van der Waals surface area contributed by atoms with Gasteiger partial charge < -0.3 is 19.5 Å². The molecular formula is C26H31N3O3. The molecule has 2 aromatic carbocycles. The molecule has 3 aromatic rings. The summed E-state index contributed by atoms with van der Waals surface area (Å²) in [6, 6.07) is 17.8. The van der Waals surface area contributed by atoms with Crippen molar-refractivity contribution in [3.63, 3.8) is 0 Å². The Balaban J connectivity index is 1.48. The molecule has 1 fully saturated rings. The predicted octanol–water partition coefficient (Wildman–Crippen LogP) is 4.62. The van der Waals surface area contributed by atoms with E-state index in [1.807, 2.05) is 84.1 Å². The summed E-state index contributed by atoms with van der Waals surface area (Å²) in [6.45, 7) is 6.39. The number of likely N-dealkylation sites (N-methyl/N-ethyl adjacent to an activating group) is 1. The maximum absolute atomic E-state index is 13.1. The monoisotopic (exact) mass is 433 g/mol. The number of ether oxygens (including phenoxy) is 1. The number of anilines is 1. The second-order valence-corrected chi connectivity index (χ2v) is 8.22. The molecule has 2 unspecified atom stereocenters. The van der Waals surface area contributed by atoms with Gasteiger partial charge in [0, 0.05) is 42.5 Å². The molecule has 2 atom stereocenters. The van der Waals surface area contributed by atoms with Crippen molar-refractivity contribution in [2.45, 2.75) is 39.3 Å². The number of nitrogens with one attached hydrogen (secondary N) is 1. The zero-order valence-corrected chi connectivity index (χ0v) is 18.8. The van der Waals surface area contributed by atoms with E-state index in [-0.39, 0.29) is 23.8 Å². The van der Waals surface area contributed by atoms with E-state index in [9.17, 15) is 9.59 Å². The second kappa shape index (κ2) is 10.0. The fourth-order valence-corrected chi connectivity index (χ4v) is 4.49. The maximum Gasteiger partial charge on any atom is 0.242 e. The van der Waals surface area contributed by atoms with Gasteiger partial charge in [0.25, 0.3) is 0 Å². The van der Waals surface area contributed by atoms with E-state index in [1.165, 1.54) is 0 Å². The van der Waals surface area contributed by atoms with Crippen molar-refractivity contribution < 1.29 is 14.3 Å². The predicted molar refractivity (Wildman–Crippen MR) is 126 cm³/mol. The first kappa shape index (κ1) is 22.1. The molecule has 1 aromatic heterocycles. The number of hydrogen-bond acceptors (Lipinski definition) is 3. The smallest absolute Gasteiger partial charge is 0.242 e. The van der Waals surface area contributed by atoms with Crippen LogP contribution in [0.4, 0.5) is 5.69 Å². The highest BCUT2D eigenvalue weighted by Gasteiger charge is 2.33. The number of hydrogen-bond donors (Lipinski definition) is 1. The Kier molecular flexibility index (Phi) is 6.90. The molecule has 0 aliphatic carbocycles. The van der Waals surface area contributed by atoms with E-state index in [0.717, 1.165) is 35.0 Å². The third-order valence-electron chi connectivity index (χ3n) is 6.25. The first-order valence-electron chi connectivity index (χ1n) is 11.4. The van der Waals surface area contributed by atoms with Crippen LogP contribution in [0, 0.1) is 5.92 Å². The molecule has 4 rings (SSSR count). The van der Waals surface area contributed by atoms with E-state index in [4.69, 9.17) is 4.74 Å². The van der Waals surface area contributed by atoms with Gasteiger partial charge in [-0.1, -0.05) is 30.3 Å². The van der Waals surface area contributed by atoms with Crippen LogP contribution in [-0.4, -0.2) is 41.0 Å². The third kappa shape index (κ3) is 4.70. The summed E-state index contributed by atoms with van der Waals surface area (Å²) < 4.78 is 7.94. The maximum atomic E-state index is 13.1. The summed E-state index contributed by atoms with van der Waals surface area (Å²) in [6.07, 6.45) is 3.39. The van der Waals surface area contributed by atoms with Gasteiger partial charge in [0.15, 0.2) is 0 Å². The molecule has 32 heavy (non-hydrogen) atoms. The molecule has 6 nitrogen and oxygen atoms in total. The molecule has 0 saturated carbocycles. The van der Waals surface area contributed by atoms with Crippen LogP contribution in [0.2, 0.25) is 0 Å². The van der Waals surface area contributed by atoms with Crippen molar-refractivity contribution in [2.24, 2.45) is 5.92 Å². The molecule has 0 radical (unpaired) electrons. The fraction of sp³-hybridized carbons (Fsp3) is 0.385. The van der Waals surface area contributed by atoms with E-state index in [1.54, 1.807) is 0 Å². The summed E-state index contributed by atoms with van der Waals surface area (Å²) in [4.78, 5) is 27.4. The molecule has 1 aliphatic rings. The Hall–Kier alpha value is -3.12. The lowest BCUT2D eigenvalue weighted by Gasteiger charge is -2.31. The Morgan fingerprint density at radius 2 is 1.88 bits per heavy atom. The molecule has 6 heteroatoms. The van der Waals surface area contributed by atoms with Gasteiger partial charge in [-0.3, -0.25) is 9.59 Å². The van der Waals surface area contributed by atoms with Gasteiger partial charge in [0.1, 0.15) is 6.54 Å². The average molecular weight is 434 g/mol. The number of carbonyl (C=O) groups excluding carboxylic acids is 2. The molecular weight excluding hydrogens is 402 g/mol. The van der Waals surface area contributed by atoms with Gasteiger partial charge in [0.05, 0.1) is 12.0 Å². The largest absolute Gasteiger partial charge is 0.373 e. The van der Waals surface area contributed by atoms with Gasteiger partial charge in [0.2, 0.25) is 11.8 Å². The van der Waals surface area contributed by atoms with Crippen molar-refractivity contribution >= 4 is 28.4 Å². The number of benzene rings is 2. The minimum atomic E-state index is -0.224.